The molecule has 2 saturated carbocycles. The number of aromatic nitrogens is 1. The molecule has 2 N–H and O–H groups in total. The van der Waals surface area contributed by atoms with Crippen LogP contribution in [-0.4, -0.2) is 77.9 Å². The van der Waals surface area contributed by atoms with Gasteiger partial charge in [0.05, 0.1) is 35.6 Å². The number of carbonyl (C=O) groups is 1. The Labute approximate surface area is 220 Å². The number of rotatable bonds is 4. The number of amides is 1. The van der Waals surface area contributed by atoms with Crippen molar-refractivity contribution in [2.24, 2.45) is 11.3 Å². The van der Waals surface area contributed by atoms with Gasteiger partial charge >= 0.3 is 0 Å². The molecule has 3 atom stereocenters. The molecular formula is C27H33ClF2N4O3. The van der Waals surface area contributed by atoms with Crippen LogP contribution >= 0.6 is 11.6 Å². The normalized spacial score (nSPS) is 31.1. The number of benzene rings is 1. The number of nitrogens with one attached hydrogen (secondary N) is 1. The van der Waals surface area contributed by atoms with Crippen molar-refractivity contribution in [1.29, 1.82) is 0 Å². The van der Waals surface area contributed by atoms with E-state index in [1.165, 1.54) is 0 Å². The second kappa shape index (κ2) is 9.00. The standard InChI is InChI=1S/C27H33ClF2N4O3/c1-25(16-37-15-22(25)35)34-8-6-33(7-9-34)21-11-17-12-23(31-14-18(17)10-20(21)28)32-24(36)19-13-26(19)2-4-27(29,30)5-3-26/h10-12,14,19,22,35H,2-9,13,15-16H2,1H3,(H,31,32,36)/t19?,22-,25+/m0/s1. The molecule has 200 valence electrons. The Hall–Kier alpha value is -2.07. The van der Waals surface area contributed by atoms with E-state index in [0.717, 1.165) is 42.6 Å². The van der Waals surface area contributed by atoms with Gasteiger partial charge in [-0.3, -0.25) is 9.69 Å². The van der Waals surface area contributed by atoms with Crippen LogP contribution in [0.3, 0.4) is 0 Å². The summed E-state index contributed by atoms with van der Waals surface area (Å²) in [7, 11) is 0. The second-order valence-electron chi connectivity index (χ2n) is 11.5. The summed E-state index contributed by atoms with van der Waals surface area (Å²) in [6.45, 7) is 6.07. The first-order chi connectivity index (χ1) is 17.6. The van der Waals surface area contributed by atoms with Crippen molar-refractivity contribution >= 4 is 39.8 Å². The number of aliphatic hydroxyl groups excluding tert-OH is 1. The van der Waals surface area contributed by atoms with E-state index in [4.69, 9.17) is 16.3 Å². The maximum absolute atomic E-state index is 13.6. The highest BCUT2D eigenvalue weighted by molar-refractivity contribution is 6.34. The number of anilines is 2. The van der Waals surface area contributed by atoms with E-state index in [0.29, 0.717) is 43.3 Å². The third-order valence-electron chi connectivity index (χ3n) is 9.25. The highest BCUT2D eigenvalue weighted by Crippen LogP contribution is 2.63. The molecule has 3 heterocycles. The lowest BCUT2D eigenvalue weighted by molar-refractivity contribution is -0.119. The average Bonchev–Trinajstić information content (AvgIpc) is 3.49. The number of fused-ring (bicyclic) bond motifs is 1. The Bertz CT molecular complexity index is 1210. The number of carbonyl (C=O) groups excluding carboxylic acids is 1. The van der Waals surface area contributed by atoms with Crippen LogP contribution in [0.1, 0.15) is 39.0 Å². The smallest absolute Gasteiger partial charge is 0.248 e. The zero-order valence-corrected chi connectivity index (χ0v) is 21.7. The minimum Gasteiger partial charge on any atom is -0.389 e. The van der Waals surface area contributed by atoms with Crippen molar-refractivity contribution in [3.05, 3.63) is 29.4 Å². The van der Waals surface area contributed by atoms with Crippen molar-refractivity contribution in [2.75, 3.05) is 49.6 Å². The molecule has 6 rings (SSSR count). The summed E-state index contributed by atoms with van der Waals surface area (Å²) in [4.78, 5) is 21.8. The van der Waals surface area contributed by atoms with Crippen molar-refractivity contribution < 1.29 is 23.4 Å². The fourth-order valence-corrected chi connectivity index (χ4v) is 6.77. The lowest BCUT2D eigenvalue weighted by Gasteiger charge is -2.45. The van der Waals surface area contributed by atoms with Gasteiger partial charge < -0.3 is 20.1 Å². The molecule has 1 amide bonds. The number of aliphatic hydroxyl groups is 1. The SMILES string of the molecule is C[C@@]1(N2CCN(c3cc4cc(NC(=O)C5CC56CCC(F)(F)CC6)ncc4cc3Cl)CC2)COC[C@@H]1O. The zero-order valence-electron chi connectivity index (χ0n) is 21.0. The van der Waals surface area contributed by atoms with Crippen LogP contribution < -0.4 is 10.2 Å². The van der Waals surface area contributed by atoms with Crippen LogP contribution in [0.15, 0.2) is 24.4 Å². The molecule has 1 unspecified atom stereocenters. The molecule has 1 aromatic heterocycles. The van der Waals surface area contributed by atoms with Crippen molar-refractivity contribution in [3.63, 3.8) is 0 Å². The van der Waals surface area contributed by atoms with Crippen LogP contribution in [0.2, 0.25) is 5.02 Å². The number of piperazine rings is 1. The average molecular weight is 535 g/mol. The molecule has 10 heteroatoms. The lowest BCUT2D eigenvalue weighted by atomic mass is 9.82. The van der Waals surface area contributed by atoms with Gasteiger partial charge in [-0.1, -0.05) is 11.6 Å². The van der Waals surface area contributed by atoms with Gasteiger partial charge in [0, 0.05) is 56.5 Å². The molecule has 2 saturated heterocycles. The number of halogens is 3. The Balaban J connectivity index is 1.13. The maximum atomic E-state index is 13.6. The summed E-state index contributed by atoms with van der Waals surface area (Å²) in [6, 6.07) is 5.77. The summed E-state index contributed by atoms with van der Waals surface area (Å²) >= 11 is 6.66. The van der Waals surface area contributed by atoms with Gasteiger partial charge in [0.2, 0.25) is 11.8 Å². The molecule has 4 aliphatic rings. The summed E-state index contributed by atoms with van der Waals surface area (Å²) in [5, 5.41) is 15.8. The van der Waals surface area contributed by atoms with Gasteiger partial charge in [-0.2, -0.15) is 0 Å². The van der Waals surface area contributed by atoms with Gasteiger partial charge in [-0.05, 0) is 55.2 Å². The van der Waals surface area contributed by atoms with E-state index in [2.05, 4.69) is 27.0 Å². The quantitative estimate of drug-likeness (QED) is 0.608. The number of ether oxygens (including phenoxy) is 1. The number of pyridine rings is 1. The predicted octanol–water partition coefficient (Wildman–Crippen LogP) is 4.31. The zero-order chi connectivity index (χ0) is 26.0. The van der Waals surface area contributed by atoms with E-state index >= 15 is 0 Å². The number of hydrogen-bond acceptors (Lipinski definition) is 6. The van der Waals surface area contributed by atoms with Crippen molar-refractivity contribution in [1.82, 2.24) is 9.88 Å². The fraction of sp³-hybridized carbons (Fsp3) is 0.630. The molecular weight excluding hydrogens is 502 g/mol. The van der Waals surface area contributed by atoms with E-state index in [1.54, 1.807) is 6.20 Å². The Morgan fingerprint density at radius 1 is 1.14 bits per heavy atom. The van der Waals surface area contributed by atoms with E-state index in [1.807, 2.05) is 18.2 Å². The van der Waals surface area contributed by atoms with Crippen LogP contribution in [0.4, 0.5) is 20.3 Å². The van der Waals surface area contributed by atoms with Crippen LogP contribution in [0.25, 0.3) is 10.8 Å². The molecule has 2 aromatic rings. The summed E-state index contributed by atoms with van der Waals surface area (Å²) < 4.78 is 32.7. The van der Waals surface area contributed by atoms with E-state index < -0.39 is 12.0 Å². The Kier molecular flexibility index (Phi) is 6.14. The maximum Gasteiger partial charge on any atom is 0.248 e. The van der Waals surface area contributed by atoms with E-state index in [9.17, 15) is 18.7 Å². The molecule has 37 heavy (non-hydrogen) atoms. The number of nitrogens with zero attached hydrogens (tertiary/aromatic N) is 3. The third-order valence-corrected chi connectivity index (χ3v) is 9.56. The van der Waals surface area contributed by atoms with Gasteiger partial charge in [-0.25, -0.2) is 13.8 Å². The first-order valence-corrected chi connectivity index (χ1v) is 13.5. The molecule has 2 aliphatic heterocycles. The third kappa shape index (κ3) is 4.58. The van der Waals surface area contributed by atoms with Gasteiger partial charge in [-0.15, -0.1) is 0 Å². The highest BCUT2D eigenvalue weighted by Gasteiger charge is 2.61. The molecule has 1 aromatic carbocycles. The molecule has 4 fully saturated rings. The monoisotopic (exact) mass is 534 g/mol. The number of hydrogen-bond donors (Lipinski definition) is 2. The van der Waals surface area contributed by atoms with Crippen LogP contribution in [0.5, 0.6) is 0 Å². The Morgan fingerprint density at radius 3 is 2.54 bits per heavy atom. The summed E-state index contributed by atoms with van der Waals surface area (Å²) in [6.07, 6.45) is 2.44. The molecule has 7 nitrogen and oxygen atoms in total. The first-order valence-electron chi connectivity index (χ1n) is 13.1. The largest absolute Gasteiger partial charge is 0.389 e. The topological polar surface area (TPSA) is 77.9 Å². The van der Waals surface area contributed by atoms with Gasteiger partial charge in [0.15, 0.2) is 0 Å². The Morgan fingerprint density at radius 2 is 1.86 bits per heavy atom. The molecule has 0 bridgehead atoms. The van der Waals surface area contributed by atoms with Gasteiger partial charge in [0.1, 0.15) is 5.82 Å². The van der Waals surface area contributed by atoms with Crippen molar-refractivity contribution in [2.45, 2.75) is 56.6 Å². The molecule has 0 radical (unpaired) electrons. The van der Waals surface area contributed by atoms with E-state index in [-0.39, 0.29) is 35.6 Å². The first kappa shape index (κ1) is 25.2. The highest BCUT2D eigenvalue weighted by atomic mass is 35.5. The number of alkyl halides is 2. The van der Waals surface area contributed by atoms with Gasteiger partial charge in [0.25, 0.3) is 0 Å². The lowest BCUT2D eigenvalue weighted by Crippen LogP contribution is -2.60. The van der Waals surface area contributed by atoms with Crippen molar-refractivity contribution in [3.8, 4) is 0 Å². The minimum atomic E-state index is -2.59. The van der Waals surface area contributed by atoms with Crippen LogP contribution in [-0.2, 0) is 9.53 Å². The predicted molar refractivity (Wildman–Crippen MR) is 138 cm³/mol. The molecule has 2 aliphatic carbocycles. The second-order valence-corrected chi connectivity index (χ2v) is 12.0. The van der Waals surface area contributed by atoms with Crippen LogP contribution in [0, 0.1) is 11.3 Å². The minimum absolute atomic E-state index is 0.129. The molecule has 1 spiro atoms. The summed E-state index contributed by atoms with van der Waals surface area (Å²) in [5.41, 5.74) is 0.301. The fourth-order valence-electron chi connectivity index (χ4n) is 6.48. The summed E-state index contributed by atoms with van der Waals surface area (Å²) in [5.74, 6) is -2.48.